The molecule has 1 aromatic rings. The second-order valence-electron chi connectivity index (χ2n) is 5.70. The van der Waals surface area contributed by atoms with Crippen LogP contribution in [0.1, 0.15) is 18.4 Å². The van der Waals surface area contributed by atoms with Gasteiger partial charge in [-0.15, -0.1) is 0 Å². The summed E-state index contributed by atoms with van der Waals surface area (Å²) in [5, 5.41) is 3.42. The predicted molar refractivity (Wildman–Crippen MR) is 77.8 cm³/mol. The Morgan fingerprint density at radius 2 is 2.25 bits per heavy atom. The third-order valence-electron chi connectivity index (χ3n) is 4.53. The first-order chi connectivity index (χ1) is 9.79. The third-order valence-corrected chi connectivity index (χ3v) is 4.53. The summed E-state index contributed by atoms with van der Waals surface area (Å²) in [4.78, 5) is 14.7. The first-order valence-electron chi connectivity index (χ1n) is 7.41. The molecule has 2 aliphatic heterocycles. The molecule has 4 nitrogen and oxygen atoms in total. The molecule has 3 rings (SSSR count). The maximum atomic E-state index is 12.6. The van der Waals surface area contributed by atoms with Crippen molar-refractivity contribution in [2.75, 3.05) is 26.7 Å². The van der Waals surface area contributed by atoms with Crippen molar-refractivity contribution in [1.82, 2.24) is 10.2 Å². The fourth-order valence-corrected chi connectivity index (χ4v) is 3.49. The molecule has 1 aromatic carbocycles. The Hall–Kier alpha value is -1.55. The van der Waals surface area contributed by atoms with Gasteiger partial charge in [-0.05, 0) is 24.8 Å². The van der Waals surface area contributed by atoms with Crippen LogP contribution >= 0.6 is 0 Å². The molecule has 0 bridgehead atoms. The van der Waals surface area contributed by atoms with E-state index in [1.165, 1.54) is 6.42 Å². The average molecular weight is 274 g/mol. The number of carbonyl (C=O) groups is 1. The van der Waals surface area contributed by atoms with Crippen LogP contribution in [0.5, 0.6) is 5.75 Å². The molecule has 2 unspecified atom stereocenters. The zero-order chi connectivity index (χ0) is 13.9. The van der Waals surface area contributed by atoms with Crippen molar-refractivity contribution in [2.24, 2.45) is 5.92 Å². The summed E-state index contributed by atoms with van der Waals surface area (Å²) >= 11 is 0. The van der Waals surface area contributed by atoms with Gasteiger partial charge in [0.25, 0.3) is 0 Å². The quantitative estimate of drug-likeness (QED) is 0.907. The molecule has 2 atom stereocenters. The minimum absolute atomic E-state index is 0.230. The van der Waals surface area contributed by atoms with E-state index in [9.17, 15) is 4.79 Å². The van der Waals surface area contributed by atoms with Crippen molar-refractivity contribution in [2.45, 2.75) is 25.3 Å². The lowest BCUT2D eigenvalue weighted by molar-refractivity contribution is -0.134. The standard InChI is InChI=1S/C16H22N2O2/c1-20-15-7-3-2-5-12(15)9-16(19)18-8-4-6-13-10-17-11-14(13)18/h2-3,5,7,13-14,17H,4,6,8-11H2,1H3. The molecule has 2 heterocycles. The number of amides is 1. The highest BCUT2D eigenvalue weighted by Gasteiger charge is 2.37. The molecule has 1 N–H and O–H groups in total. The number of hydrogen-bond donors (Lipinski definition) is 1. The first-order valence-corrected chi connectivity index (χ1v) is 7.41. The Morgan fingerprint density at radius 3 is 3.10 bits per heavy atom. The van der Waals surface area contributed by atoms with Gasteiger partial charge in [-0.3, -0.25) is 4.79 Å². The summed E-state index contributed by atoms with van der Waals surface area (Å²) in [5.74, 6) is 1.68. The number of nitrogens with one attached hydrogen (secondary N) is 1. The van der Waals surface area contributed by atoms with Crippen LogP contribution in [0.15, 0.2) is 24.3 Å². The van der Waals surface area contributed by atoms with Crippen LogP contribution in [0.3, 0.4) is 0 Å². The van der Waals surface area contributed by atoms with Gasteiger partial charge in [-0.2, -0.15) is 0 Å². The van der Waals surface area contributed by atoms with Crippen molar-refractivity contribution in [3.63, 3.8) is 0 Å². The van der Waals surface area contributed by atoms with Crippen molar-refractivity contribution >= 4 is 5.91 Å². The number of likely N-dealkylation sites (tertiary alicyclic amines) is 1. The van der Waals surface area contributed by atoms with E-state index in [1.807, 2.05) is 24.3 Å². The predicted octanol–water partition coefficient (Wildman–Crippen LogP) is 1.45. The number of methoxy groups -OCH3 is 1. The molecule has 2 aliphatic rings. The lowest BCUT2D eigenvalue weighted by Crippen LogP contribution is -2.48. The molecule has 0 aliphatic carbocycles. The van der Waals surface area contributed by atoms with E-state index in [0.717, 1.165) is 37.4 Å². The van der Waals surface area contributed by atoms with Crippen molar-refractivity contribution in [1.29, 1.82) is 0 Å². The molecule has 2 saturated heterocycles. The molecule has 0 radical (unpaired) electrons. The van der Waals surface area contributed by atoms with E-state index in [-0.39, 0.29) is 5.91 Å². The Labute approximate surface area is 120 Å². The molecule has 108 valence electrons. The first kappa shape index (κ1) is 13.4. The molecular formula is C16H22N2O2. The Balaban J connectivity index is 1.72. The van der Waals surface area contributed by atoms with Gasteiger partial charge in [0.05, 0.1) is 13.5 Å². The summed E-state index contributed by atoms with van der Waals surface area (Å²) in [5.41, 5.74) is 0.980. The van der Waals surface area contributed by atoms with Gasteiger partial charge >= 0.3 is 0 Å². The normalized spacial score (nSPS) is 25.4. The number of ether oxygens (including phenoxy) is 1. The number of carbonyl (C=O) groups excluding carboxylic acids is 1. The molecule has 0 saturated carbocycles. The summed E-state index contributed by atoms with van der Waals surface area (Å²) < 4.78 is 5.34. The monoisotopic (exact) mass is 274 g/mol. The Kier molecular flexibility index (Phi) is 3.92. The van der Waals surface area contributed by atoms with Crippen LogP contribution in [0, 0.1) is 5.92 Å². The molecule has 0 spiro atoms. The maximum Gasteiger partial charge on any atom is 0.227 e. The average Bonchev–Trinajstić information content (AvgIpc) is 2.96. The van der Waals surface area contributed by atoms with E-state index in [1.54, 1.807) is 7.11 Å². The highest BCUT2D eigenvalue weighted by molar-refractivity contribution is 5.80. The smallest absolute Gasteiger partial charge is 0.227 e. The van der Waals surface area contributed by atoms with E-state index in [0.29, 0.717) is 18.4 Å². The lowest BCUT2D eigenvalue weighted by Gasteiger charge is -2.37. The highest BCUT2D eigenvalue weighted by atomic mass is 16.5. The van der Waals surface area contributed by atoms with E-state index >= 15 is 0 Å². The van der Waals surface area contributed by atoms with E-state index in [2.05, 4.69) is 10.2 Å². The van der Waals surface area contributed by atoms with Crippen LogP contribution in [0.25, 0.3) is 0 Å². The second kappa shape index (κ2) is 5.83. The maximum absolute atomic E-state index is 12.6. The Morgan fingerprint density at radius 1 is 1.40 bits per heavy atom. The van der Waals surface area contributed by atoms with Crippen LogP contribution in [0.2, 0.25) is 0 Å². The molecule has 0 aromatic heterocycles. The molecule has 1 amide bonds. The van der Waals surface area contributed by atoms with Crippen molar-refractivity contribution in [3.05, 3.63) is 29.8 Å². The minimum atomic E-state index is 0.230. The fourth-order valence-electron chi connectivity index (χ4n) is 3.49. The topological polar surface area (TPSA) is 41.6 Å². The van der Waals surface area contributed by atoms with Crippen molar-refractivity contribution in [3.8, 4) is 5.75 Å². The summed E-state index contributed by atoms with van der Waals surface area (Å²) in [6.45, 7) is 2.91. The zero-order valence-electron chi connectivity index (χ0n) is 12.0. The number of piperidine rings is 1. The van der Waals surface area contributed by atoms with Gasteiger partial charge in [0, 0.05) is 31.2 Å². The lowest BCUT2D eigenvalue weighted by atomic mass is 9.91. The number of nitrogens with zero attached hydrogens (tertiary/aromatic N) is 1. The van der Waals surface area contributed by atoms with Crippen LogP contribution in [-0.2, 0) is 11.2 Å². The largest absolute Gasteiger partial charge is 0.496 e. The molecular weight excluding hydrogens is 252 g/mol. The number of fused-ring (bicyclic) bond motifs is 1. The molecule has 4 heteroatoms. The number of para-hydroxylation sites is 1. The minimum Gasteiger partial charge on any atom is -0.496 e. The summed E-state index contributed by atoms with van der Waals surface area (Å²) in [6, 6.07) is 8.18. The van der Waals surface area contributed by atoms with Gasteiger partial charge in [0.15, 0.2) is 0 Å². The van der Waals surface area contributed by atoms with Gasteiger partial charge < -0.3 is 15.0 Å². The van der Waals surface area contributed by atoms with Gasteiger partial charge in [0.1, 0.15) is 5.75 Å². The van der Waals surface area contributed by atoms with E-state index < -0.39 is 0 Å². The van der Waals surface area contributed by atoms with Gasteiger partial charge in [-0.1, -0.05) is 18.2 Å². The SMILES string of the molecule is COc1ccccc1CC(=O)N1CCCC2CNCC21. The van der Waals surface area contributed by atoms with Crippen LogP contribution < -0.4 is 10.1 Å². The van der Waals surface area contributed by atoms with Gasteiger partial charge in [-0.25, -0.2) is 0 Å². The van der Waals surface area contributed by atoms with Crippen molar-refractivity contribution < 1.29 is 9.53 Å². The number of benzene rings is 1. The fraction of sp³-hybridized carbons (Fsp3) is 0.562. The summed E-state index contributed by atoms with van der Waals surface area (Å²) in [6.07, 6.45) is 2.81. The number of hydrogen-bond acceptors (Lipinski definition) is 3. The van der Waals surface area contributed by atoms with Crippen LogP contribution in [-0.4, -0.2) is 43.6 Å². The highest BCUT2D eigenvalue weighted by Crippen LogP contribution is 2.27. The van der Waals surface area contributed by atoms with E-state index in [4.69, 9.17) is 4.74 Å². The summed E-state index contributed by atoms with van der Waals surface area (Å²) in [7, 11) is 1.65. The van der Waals surface area contributed by atoms with Gasteiger partial charge in [0.2, 0.25) is 5.91 Å². The zero-order valence-corrected chi connectivity index (χ0v) is 12.0. The van der Waals surface area contributed by atoms with Crippen LogP contribution in [0.4, 0.5) is 0 Å². The Bertz CT molecular complexity index is 489. The number of rotatable bonds is 3. The second-order valence-corrected chi connectivity index (χ2v) is 5.70. The third kappa shape index (κ3) is 2.52. The molecule has 2 fully saturated rings. The molecule has 20 heavy (non-hydrogen) atoms.